The Kier molecular flexibility index (Phi) is 12.9. The summed E-state index contributed by atoms with van der Waals surface area (Å²) in [6.45, 7) is 23.3. The number of hydrogen-bond acceptors (Lipinski definition) is 5. The fourth-order valence-electron chi connectivity index (χ4n) is 4.42. The molecular weight excluding hydrogens is 454 g/mol. The summed E-state index contributed by atoms with van der Waals surface area (Å²) < 4.78 is 6.04. The number of aryl methyl sites for hydroxylation is 1. The van der Waals surface area contributed by atoms with E-state index in [0.717, 1.165) is 29.1 Å². The van der Waals surface area contributed by atoms with E-state index in [9.17, 15) is 9.90 Å². The van der Waals surface area contributed by atoms with Crippen LogP contribution in [0.2, 0.25) is 0 Å². The number of carbonyl (C=O) groups is 1. The quantitative estimate of drug-likeness (QED) is 0.204. The summed E-state index contributed by atoms with van der Waals surface area (Å²) in [6, 6.07) is 0. The zero-order chi connectivity index (χ0) is 26.9. The van der Waals surface area contributed by atoms with Crippen LogP contribution in [-0.2, 0) is 9.53 Å². The molecule has 0 aliphatic heterocycles. The number of aromatic nitrogens is 1. The van der Waals surface area contributed by atoms with Gasteiger partial charge >= 0.3 is 5.97 Å². The first-order chi connectivity index (χ1) is 16.2. The van der Waals surface area contributed by atoms with Crippen molar-refractivity contribution in [2.24, 2.45) is 29.1 Å². The second-order valence-corrected chi connectivity index (χ2v) is 12.3. The Morgan fingerprint density at radius 2 is 1.80 bits per heavy atom. The molecule has 1 heterocycles. The SMILES string of the molecule is CC/C(C)=C\C[C@H](OC(=O)C[C@H](C)C(C)(C)[C@H](O)[C@H](C)[C@@H](C)[C@@H](C)CC)/C(C)=C/c1csc(C)n1. The maximum absolute atomic E-state index is 13.1. The molecule has 0 unspecified atom stereocenters. The van der Waals surface area contributed by atoms with Crippen molar-refractivity contribution in [2.45, 2.75) is 114 Å². The van der Waals surface area contributed by atoms with Gasteiger partial charge in [-0.05, 0) is 67.9 Å². The third kappa shape index (κ3) is 9.49. The minimum absolute atomic E-state index is 0.0179. The van der Waals surface area contributed by atoms with Gasteiger partial charge in [-0.1, -0.05) is 73.5 Å². The first-order valence-electron chi connectivity index (χ1n) is 13.4. The Labute approximate surface area is 219 Å². The van der Waals surface area contributed by atoms with Gasteiger partial charge in [0.2, 0.25) is 0 Å². The standard InChI is InChI=1S/C30H51NO3S/c1-12-19(3)14-15-27(21(5)16-26-18-35-25(9)31-26)34-28(32)17-22(6)30(10,11)29(33)24(8)23(7)20(4)13-2/h14,16,18,20,22-24,27,29,33H,12-13,15,17H2,1-11H3/b19-14-,21-16+/t20-,22-,23-,24+,27-,29+/m0/s1. The topological polar surface area (TPSA) is 59.4 Å². The molecule has 0 bridgehead atoms. The van der Waals surface area contributed by atoms with Gasteiger partial charge in [0.25, 0.3) is 0 Å². The van der Waals surface area contributed by atoms with Crippen LogP contribution in [0.15, 0.2) is 22.6 Å². The molecule has 0 aliphatic carbocycles. The molecule has 1 aromatic heterocycles. The highest BCUT2D eigenvalue weighted by Gasteiger charge is 2.40. The van der Waals surface area contributed by atoms with Gasteiger partial charge in [-0.2, -0.15) is 0 Å². The number of thiazole rings is 1. The van der Waals surface area contributed by atoms with Crippen molar-refractivity contribution in [1.29, 1.82) is 0 Å². The van der Waals surface area contributed by atoms with Crippen molar-refractivity contribution in [3.05, 3.63) is 33.3 Å². The first kappa shape index (κ1) is 31.6. The van der Waals surface area contributed by atoms with Crippen molar-refractivity contribution < 1.29 is 14.6 Å². The van der Waals surface area contributed by atoms with Crippen molar-refractivity contribution in [3.8, 4) is 0 Å². The van der Waals surface area contributed by atoms with Crippen LogP contribution < -0.4 is 0 Å². The molecule has 0 spiro atoms. The van der Waals surface area contributed by atoms with Crippen molar-refractivity contribution in [3.63, 3.8) is 0 Å². The Morgan fingerprint density at radius 3 is 2.31 bits per heavy atom. The van der Waals surface area contributed by atoms with Gasteiger partial charge in [0.15, 0.2) is 0 Å². The zero-order valence-corrected chi connectivity index (χ0v) is 25.0. The average Bonchev–Trinajstić information content (AvgIpc) is 3.23. The van der Waals surface area contributed by atoms with E-state index in [-0.39, 0.29) is 30.3 Å². The zero-order valence-electron chi connectivity index (χ0n) is 24.1. The van der Waals surface area contributed by atoms with E-state index in [0.29, 0.717) is 18.3 Å². The van der Waals surface area contributed by atoms with E-state index < -0.39 is 11.5 Å². The van der Waals surface area contributed by atoms with E-state index in [4.69, 9.17) is 4.74 Å². The highest BCUT2D eigenvalue weighted by atomic mass is 32.1. The number of rotatable bonds is 14. The molecule has 0 aromatic carbocycles. The highest BCUT2D eigenvalue weighted by molar-refractivity contribution is 7.09. The van der Waals surface area contributed by atoms with Gasteiger partial charge < -0.3 is 9.84 Å². The number of ether oxygens (including phenoxy) is 1. The van der Waals surface area contributed by atoms with Crippen molar-refractivity contribution in [1.82, 2.24) is 4.98 Å². The van der Waals surface area contributed by atoms with Crippen molar-refractivity contribution in [2.75, 3.05) is 0 Å². The maximum Gasteiger partial charge on any atom is 0.306 e. The van der Waals surface area contributed by atoms with E-state index in [1.807, 2.05) is 25.3 Å². The molecule has 0 aliphatic rings. The molecule has 200 valence electrons. The van der Waals surface area contributed by atoms with Gasteiger partial charge in [-0.15, -0.1) is 11.3 Å². The largest absolute Gasteiger partial charge is 0.457 e. The lowest BCUT2D eigenvalue weighted by Gasteiger charge is -2.42. The third-order valence-corrected chi connectivity index (χ3v) is 9.20. The second-order valence-electron chi connectivity index (χ2n) is 11.3. The van der Waals surface area contributed by atoms with E-state index >= 15 is 0 Å². The minimum atomic E-state index is -0.491. The molecule has 0 radical (unpaired) electrons. The fourth-order valence-corrected chi connectivity index (χ4v) is 4.99. The maximum atomic E-state index is 13.1. The Morgan fingerprint density at radius 1 is 1.17 bits per heavy atom. The Bertz CT molecular complexity index is 854. The number of aliphatic hydroxyl groups is 1. The minimum Gasteiger partial charge on any atom is -0.457 e. The van der Waals surface area contributed by atoms with Crippen LogP contribution in [0.1, 0.15) is 106 Å². The number of nitrogens with zero attached hydrogens (tertiary/aromatic N) is 1. The van der Waals surface area contributed by atoms with Crippen LogP contribution in [0, 0.1) is 36.0 Å². The lowest BCUT2D eigenvalue weighted by molar-refractivity contribution is -0.150. The predicted molar refractivity (Wildman–Crippen MR) is 150 cm³/mol. The summed E-state index contributed by atoms with van der Waals surface area (Å²) in [5, 5.41) is 14.3. The number of carbonyl (C=O) groups excluding carboxylic acids is 1. The van der Waals surface area contributed by atoms with Gasteiger partial charge in [-0.25, -0.2) is 4.98 Å². The summed E-state index contributed by atoms with van der Waals surface area (Å²) >= 11 is 1.62. The Hall–Kier alpha value is -1.46. The molecule has 4 nitrogen and oxygen atoms in total. The van der Waals surface area contributed by atoms with Crippen LogP contribution in [0.4, 0.5) is 0 Å². The summed E-state index contributed by atoms with van der Waals surface area (Å²) in [5.41, 5.74) is 2.78. The molecule has 0 saturated heterocycles. The van der Waals surface area contributed by atoms with E-state index in [1.54, 1.807) is 11.3 Å². The molecule has 1 aromatic rings. The molecule has 0 fully saturated rings. The monoisotopic (exact) mass is 505 g/mol. The van der Waals surface area contributed by atoms with Crippen LogP contribution in [-0.4, -0.2) is 28.3 Å². The highest BCUT2D eigenvalue weighted by Crippen LogP contribution is 2.40. The first-order valence-corrected chi connectivity index (χ1v) is 14.3. The van der Waals surface area contributed by atoms with Crippen LogP contribution in [0.3, 0.4) is 0 Å². The third-order valence-electron chi connectivity index (χ3n) is 8.41. The Balaban J connectivity index is 2.97. The molecule has 5 heteroatoms. The molecule has 1 rings (SSSR count). The van der Waals surface area contributed by atoms with Crippen molar-refractivity contribution >= 4 is 23.4 Å². The lowest BCUT2D eigenvalue weighted by atomic mass is 9.66. The summed E-state index contributed by atoms with van der Waals surface area (Å²) in [7, 11) is 0. The average molecular weight is 506 g/mol. The van der Waals surface area contributed by atoms with Gasteiger partial charge in [0.1, 0.15) is 6.10 Å². The second kappa shape index (κ2) is 14.3. The lowest BCUT2D eigenvalue weighted by Crippen LogP contribution is -2.43. The predicted octanol–water partition coefficient (Wildman–Crippen LogP) is 8.24. The van der Waals surface area contributed by atoms with Crippen LogP contribution in [0.25, 0.3) is 6.08 Å². The van der Waals surface area contributed by atoms with Crippen LogP contribution >= 0.6 is 11.3 Å². The molecule has 6 atom stereocenters. The molecule has 0 amide bonds. The van der Waals surface area contributed by atoms with Crippen LogP contribution in [0.5, 0.6) is 0 Å². The summed E-state index contributed by atoms with van der Waals surface area (Å²) in [5.74, 6) is 0.881. The molecule has 0 saturated carbocycles. The van der Waals surface area contributed by atoms with E-state index in [2.05, 4.69) is 73.4 Å². The van der Waals surface area contributed by atoms with E-state index in [1.165, 1.54) is 5.57 Å². The summed E-state index contributed by atoms with van der Waals surface area (Å²) in [6.07, 6.45) is 6.38. The number of esters is 1. The smallest absolute Gasteiger partial charge is 0.306 e. The molecule has 35 heavy (non-hydrogen) atoms. The number of aliphatic hydroxyl groups excluding tert-OH is 1. The normalized spacial score (nSPS) is 18.5. The van der Waals surface area contributed by atoms with Gasteiger partial charge in [-0.3, -0.25) is 4.79 Å². The fraction of sp³-hybridized carbons (Fsp3) is 0.733. The van der Waals surface area contributed by atoms with Gasteiger partial charge in [0.05, 0.1) is 16.8 Å². The molecular formula is C30H51NO3S. The summed E-state index contributed by atoms with van der Waals surface area (Å²) in [4.78, 5) is 17.6. The number of hydrogen-bond donors (Lipinski definition) is 1. The molecule has 1 N–H and O–H groups in total. The van der Waals surface area contributed by atoms with Gasteiger partial charge in [0, 0.05) is 18.2 Å². The number of allylic oxidation sites excluding steroid dienone is 1.